The van der Waals surface area contributed by atoms with Crippen molar-refractivity contribution in [2.45, 2.75) is 18.7 Å². The number of carbonyl (C=O) groups is 1. The maximum atomic E-state index is 13.3. The van der Waals surface area contributed by atoms with Crippen LogP contribution in [0.3, 0.4) is 0 Å². The number of amides is 1. The van der Waals surface area contributed by atoms with Crippen LogP contribution in [0.25, 0.3) is 10.2 Å². The normalized spacial score (nSPS) is 14.8. The number of hydrogen-bond acceptors (Lipinski definition) is 6. The minimum Gasteiger partial charge on any atom is -0.379 e. The van der Waals surface area contributed by atoms with Gasteiger partial charge in [-0.25, -0.2) is 4.98 Å². The van der Waals surface area contributed by atoms with E-state index in [9.17, 15) is 4.79 Å². The molecule has 8 heteroatoms. The van der Waals surface area contributed by atoms with E-state index in [1.807, 2.05) is 24.0 Å². The first kappa shape index (κ1) is 22.6. The lowest BCUT2D eigenvalue weighted by atomic mass is 10.2. The van der Waals surface area contributed by atoms with Crippen molar-refractivity contribution < 1.29 is 9.53 Å². The molecule has 31 heavy (non-hydrogen) atoms. The standard InChI is InChI=1S/C23H26ClN3O2S2/c1-16-3-6-18(7-4-16)30-15-20(28)27(10-9-26-11-13-29-14-12-26)23-25-21-17(2)5-8-19(24)22(21)31-23/h3-8H,9-15H2,1-2H3. The quantitative estimate of drug-likeness (QED) is 0.449. The van der Waals surface area contributed by atoms with Crippen LogP contribution in [0.5, 0.6) is 0 Å². The Hall–Kier alpha value is -1.64. The molecule has 0 bridgehead atoms. The molecule has 1 aliphatic heterocycles. The summed E-state index contributed by atoms with van der Waals surface area (Å²) in [6, 6.07) is 12.1. The van der Waals surface area contributed by atoms with Crippen LogP contribution in [0.15, 0.2) is 41.3 Å². The first-order valence-corrected chi connectivity index (χ1v) is 12.5. The Bertz CT molecular complexity index is 1010. The molecule has 3 aromatic rings. The zero-order valence-corrected chi connectivity index (χ0v) is 20.2. The first-order valence-electron chi connectivity index (χ1n) is 10.4. The van der Waals surface area contributed by atoms with Gasteiger partial charge in [-0.3, -0.25) is 14.6 Å². The first-order chi connectivity index (χ1) is 15.0. The number of benzene rings is 2. The number of fused-ring (bicyclic) bond motifs is 1. The van der Waals surface area contributed by atoms with E-state index in [4.69, 9.17) is 21.3 Å². The lowest BCUT2D eigenvalue weighted by Gasteiger charge is -2.29. The number of aromatic nitrogens is 1. The maximum absolute atomic E-state index is 13.3. The van der Waals surface area contributed by atoms with E-state index in [0.717, 1.165) is 53.5 Å². The van der Waals surface area contributed by atoms with E-state index in [1.54, 1.807) is 11.8 Å². The van der Waals surface area contributed by atoms with Gasteiger partial charge in [0.1, 0.15) is 0 Å². The summed E-state index contributed by atoms with van der Waals surface area (Å²) in [4.78, 5) is 23.4. The number of thiazole rings is 1. The number of anilines is 1. The van der Waals surface area contributed by atoms with Gasteiger partial charge in [0.05, 0.1) is 34.2 Å². The SMILES string of the molecule is Cc1ccc(SCC(=O)N(CCN2CCOCC2)c2nc3c(C)ccc(Cl)c3s2)cc1. The summed E-state index contributed by atoms with van der Waals surface area (Å²) >= 11 is 9.48. The van der Waals surface area contributed by atoms with Crippen molar-refractivity contribution in [3.63, 3.8) is 0 Å². The number of carbonyl (C=O) groups excluding carboxylic acids is 1. The zero-order valence-electron chi connectivity index (χ0n) is 17.8. The second-order valence-electron chi connectivity index (χ2n) is 7.64. The number of halogens is 1. The van der Waals surface area contributed by atoms with Gasteiger partial charge in [0.25, 0.3) is 0 Å². The summed E-state index contributed by atoms with van der Waals surface area (Å²) in [5, 5.41) is 1.40. The van der Waals surface area contributed by atoms with Crippen molar-refractivity contribution in [3.8, 4) is 0 Å². The molecular weight excluding hydrogens is 450 g/mol. The molecule has 1 aromatic heterocycles. The number of ether oxygens (including phenoxy) is 1. The Kier molecular flexibility index (Phi) is 7.51. The van der Waals surface area contributed by atoms with Gasteiger partial charge in [-0.2, -0.15) is 0 Å². The Balaban J connectivity index is 1.54. The average molecular weight is 476 g/mol. The second-order valence-corrected chi connectivity index (χ2v) is 10.1. The van der Waals surface area contributed by atoms with Gasteiger partial charge >= 0.3 is 0 Å². The minimum atomic E-state index is 0.0617. The van der Waals surface area contributed by atoms with Crippen LogP contribution in [-0.2, 0) is 9.53 Å². The van der Waals surface area contributed by atoms with E-state index < -0.39 is 0 Å². The Morgan fingerprint density at radius 1 is 1.19 bits per heavy atom. The fourth-order valence-corrected chi connectivity index (χ4v) is 5.59. The molecule has 2 aromatic carbocycles. The van der Waals surface area contributed by atoms with E-state index in [1.165, 1.54) is 16.9 Å². The highest BCUT2D eigenvalue weighted by molar-refractivity contribution is 8.00. The van der Waals surface area contributed by atoms with Crippen molar-refractivity contribution in [3.05, 3.63) is 52.5 Å². The molecule has 0 saturated carbocycles. The molecule has 4 rings (SSSR count). The minimum absolute atomic E-state index is 0.0617. The lowest BCUT2D eigenvalue weighted by molar-refractivity contribution is -0.116. The Morgan fingerprint density at radius 3 is 2.65 bits per heavy atom. The molecule has 0 spiro atoms. The van der Waals surface area contributed by atoms with E-state index in [0.29, 0.717) is 22.5 Å². The monoisotopic (exact) mass is 475 g/mol. The molecule has 1 fully saturated rings. The molecule has 1 amide bonds. The summed E-state index contributed by atoms with van der Waals surface area (Å²) in [6.45, 7) is 8.76. The molecule has 0 unspecified atom stereocenters. The highest BCUT2D eigenvalue weighted by Crippen LogP contribution is 2.36. The van der Waals surface area contributed by atoms with Gasteiger partial charge in [0, 0.05) is 31.1 Å². The van der Waals surface area contributed by atoms with Gasteiger partial charge in [-0.05, 0) is 37.6 Å². The average Bonchev–Trinajstić information content (AvgIpc) is 3.23. The fraction of sp³-hybridized carbons (Fsp3) is 0.391. The number of nitrogens with zero attached hydrogens (tertiary/aromatic N) is 3. The summed E-state index contributed by atoms with van der Waals surface area (Å²) in [7, 11) is 0. The smallest absolute Gasteiger partial charge is 0.239 e. The van der Waals surface area contributed by atoms with Gasteiger partial charge in [0.15, 0.2) is 5.13 Å². The van der Waals surface area contributed by atoms with Gasteiger partial charge < -0.3 is 4.74 Å². The number of aryl methyl sites for hydroxylation is 2. The molecule has 2 heterocycles. The van der Waals surface area contributed by atoms with E-state index in [-0.39, 0.29) is 5.91 Å². The van der Waals surface area contributed by atoms with Crippen LogP contribution in [0.2, 0.25) is 5.02 Å². The molecule has 5 nitrogen and oxygen atoms in total. The highest BCUT2D eigenvalue weighted by Gasteiger charge is 2.22. The largest absolute Gasteiger partial charge is 0.379 e. The van der Waals surface area contributed by atoms with Gasteiger partial charge in [-0.1, -0.05) is 46.7 Å². The zero-order chi connectivity index (χ0) is 21.8. The third-order valence-corrected chi connectivity index (χ3v) is 7.88. The van der Waals surface area contributed by atoms with Gasteiger partial charge in [-0.15, -0.1) is 11.8 Å². The second kappa shape index (κ2) is 10.3. The van der Waals surface area contributed by atoms with Crippen LogP contribution in [0.4, 0.5) is 5.13 Å². The molecule has 0 N–H and O–H groups in total. The molecule has 0 atom stereocenters. The van der Waals surface area contributed by atoms with Crippen molar-refractivity contribution in [2.75, 3.05) is 50.0 Å². The van der Waals surface area contributed by atoms with Crippen LogP contribution in [0, 0.1) is 13.8 Å². The molecule has 1 aliphatic rings. The lowest BCUT2D eigenvalue weighted by Crippen LogP contribution is -2.43. The molecule has 0 radical (unpaired) electrons. The van der Waals surface area contributed by atoms with E-state index in [2.05, 4.69) is 36.1 Å². The van der Waals surface area contributed by atoms with Crippen LogP contribution >= 0.6 is 34.7 Å². The van der Waals surface area contributed by atoms with Crippen LogP contribution < -0.4 is 4.90 Å². The predicted octanol–water partition coefficient (Wildman–Crippen LogP) is 5.02. The van der Waals surface area contributed by atoms with Crippen LogP contribution in [-0.4, -0.2) is 60.9 Å². The molecule has 164 valence electrons. The maximum Gasteiger partial charge on any atom is 0.239 e. The predicted molar refractivity (Wildman–Crippen MR) is 131 cm³/mol. The van der Waals surface area contributed by atoms with Crippen molar-refractivity contribution in [1.82, 2.24) is 9.88 Å². The Morgan fingerprint density at radius 2 is 1.94 bits per heavy atom. The summed E-state index contributed by atoms with van der Waals surface area (Å²) in [5.41, 5.74) is 3.16. The number of rotatable bonds is 7. The van der Waals surface area contributed by atoms with Crippen molar-refractivity contribution >= 4 is 56.0 Å². The van der Waals surface area contributed by atoms with Gasteiger partial charge in [0.2, 0.25) is 5.91 Å². The molecule has 0 aliphatic carbocycles. The topological polar surface area (TPSA) is 45.7 Å². The fourth-order valence-electron chi connectivity index (χ4n) is 3.46. The number of thioether (sulfide) groups is 1. The number of hydrogen-bond donors (Lipinski definition) is 0. The third-order valence-electron chi connectivity index (χ3n) is 5.34. The molecule has 1 saturated heterocycles. The summed E-state index contributed by atoms with van der Waals surface area (Å²) in [6.07, 6.45) is 0. The Labute approximate surface area is 196 Å². The van der Waals surface area contributed by atoms with Crippen molar-refractivity contribution in [2.24, 2.45) is 0 Å². The summed E-state index contributed by atoms with van der Waals surface area (Å²) in [5.74, 6) is 0.432. The highest BCUT2D eigenvalue weighted by atomic mass is 35.5. The van der Waals surface area contributed by atoms with Crippen molar-refractivity contribution in [1.29, 1.82) is 0 Å². The molecular formula is C23H26ClN3O2S2. The third kappa shape index (κ3) is 5.59. The number of morpholine rings is 1. The van der Waals surface area contributed by atoms with E-state index >= 15 is 0 Å². The van der Waals surface area contributed by atoms with Crippen LogP contribution in [0.1, 0.15) is 11.1 Å². The summed E-state index contributed by atoms with van der Waals surface area (Å²) < 4.78 is 6.39.